The summed E-state index contributed by atoms with van der Waals surface area (Å²) in [5.41, 5.74) is 1.14. The Kier molecular flexibility index (Phi) is 17.4. The average molecular weight is 473 g/mol. The van der Waals surface area contributed by atoms with Crippen molar-refractivity contribution in [3.8, 4) is 0 Å². The number of carbonyl (C=O) groups excluding carboxylic acids is 1. The molecule has 7 nitrogen and oxygen atoms in total. The first kappa shape index (κ1) is 28.9. The van der Waals surface area contributed by atoms with Gasteiger partial charge < -0.3 is 20.1 Å². The average Bonchev–Trinajstić information content (AvgIpc) is 3.55. The molecule has 1 atom stereocenters. The zero-order valence-electron chi connectivity index (χ0n) is 17.9. The van der Waals surface area contributed by atoms with E-state index in [-0.39, 0.29) is 5.92 Å². The van der Waals surface area contributed by atoms with E-state index in [1.807, 2.05) is 10.8 Å². The molecule has 174 valence electrons. The van der Waals surface area contributed by atoms with Gasteiger partial charge in [0.25, 0.3) is 0 Å². The maximum absolute atomic E-state index is 10.1. The van der Waals surface area contributed by atoms with Gasteiger partial charge in [-0.3, -0.25) is 9.59 Å². The standard InChI is InChI=1S/C6H12O3.C6H12O.C5H4O2S.C5H4OS/c1-5(6(7)8)3-4-9-2;7-5-6-3-1-2-4-6;6-5(7)4-1-2-8-3-4;6-3-5-1-2-7-4-5/h5H,3-4H2,1-2H3,(H,7,8);6-7H,1-5H2;1-3H,(H,6,7);1-4H. The lowest BCUT2D eigenvalue weighted by molar-refractivity contribution is -0.141. The normalized spacial score (nSPS) is 13.4. The third kappa shape index (κ3) is 15.4. The maximum atomic E-state index is 10.1. The van der Waals surface area contributed by atoms with Crippen LogP contribution in [0, 0.1) is 11.8 Å². The van der Waals surface area contributed by atoms with Crippen LogP contribution >= 0.6 is 22.7 Å². The molecular weight excluding hydrogens is 440 g/mol. The molecule has 0 aromatic carbocycles. The third-order valence-corrected chi connectivity index (χ3v) is 5.74. The van der Waals surface area contributed by atoms with Crippen LogP contribution in [0.2, 0.25) is 0 Å². The van der Waals surface area contributed by atoms with Crippen LogP contribution in [0.25, 0.3) is 0 Å². The number of carboxylic acid groups (broad SMARTS) is 2. The monoisotopic (exact) mass is 472 g/mol. The van der Waals surface area contributed by atoms with E-state index in [1.54, 1.807) is 36.9 Å². The lowest BCUT2D eigenvalue weighted by Crippen LogP contribution is -2.11. The van der Waals surface area contributed by atoms with Crippen LogP contribution in [0.15, 0.2) is 33.7 Å². The number of methoxy groups -OCH3 is 1. The molecule has 0 spiro atoms. The van der Waals surface area contributed by atoms with Gasteiger partial charge in [-0.25, -0.2) is 4.79 Å². The zero-order chi connectivity index (χ0) is 23.5. The van der Waals surface area contributed by atoms with Crippen molar-refractivity contribution in [1.29, 1.82) is 0 Å². The fourth-order valence-corrected chi connectivity index (χ4v) is 3.57. The van der Waals surface area contributed by atoms with E-state index in [9.17, 15) is 14.4 Å². The Hall–Kier alpha value is -2.07. The van der Waals surface area contributed by atoms with Crippen molar-refractivity contribution < 1.29 is 34.4 Å². The Morgan fingerprint density at radius 1 is 1.16 bits per heavy atom. The number of carboxylic acids is 2. The minimum absolute atomic E-state index is 0.287. The lowest BCUT2D eigenvalue weighted by atomic mass is 10.1. The van der Waals surface area contributed by atoms with Gasteiger partial charge in [0.2, 0.25) is 0 Å². The number of rotatable bonds is 7. The van der Waals surface area contributed by atoms with Gasteiger partial charge in [0.15, 0.2) is 6.29 Å². The van der Waals surface area contributed by atoms with Crippen LogP contribution in [0.4, 0.5) is 0 Å². The molecule has 0 bridgehead atoms. The van der Waals surface area contributed by atoms with Crippen LogP contribution < -0.4 is 0 Å². The van der Waals surface area contributed by atoms with Crippen LogP contribution in [-0.2, 0) is 9.53 Å². The largest absolute Gasteiger partial charge is 0.481 e. The minimum Gasteiger partial charge on any atom is -0.481 e. The molecular formula is C22H32O7S2. The lowest BCUT2D eigenvalue weighted by Gasteiger charge is -2.02. The molecule has 2 heterocycles. The van der Waals surface area contributed by atoms with Crippen molar-refractivity contribution in [2.75, 3.05) is 20.3 Å². The number of aldehydes is 1. The highest BCUT2D eigenvalue weighted by Crippen LogP contribution is 2.23. The summed E-state index contributed by atoms with van der Waals surface area (Å²) in [6.07, 6.45) is 6.63. The molecule has 31 heavy (non-hydrogen) atoms. The van der Waals surface area contributed by atoms with Gasteiger partial charge in [-0.2, -0.15) is 22.7 Å². The van der Waals surface area contributed by atoms with Crippen LogP contribution in [0.1, 0.15) is 59.7 Å². The molecule has 1 fully saturated rings. The van der Waals surface area contributed by atoms with Gasteiger partial charge in [-0.1, -0.05) is 19.8 Å². The Morgan fingerprint density at radius 2 is 1.77 bits per heavy atom. The molecule has 1 unspecified atom stereocenters. The predicted molar refractivity (Wildman–Crippen MR) is 123 cm³/mol. The number of thiophene rings is 2. The van der Waals surface area contributed by atoms with Crippen LogP contribution in [0.3, 0.4) is 0 Å². The van der Waals surface area contributed by atoms with E-state index in [4.69, 9.17) is 20.1 Å². The minimum atomic E-state index is -0.855. The van der Waals surface area contributed by atoms with Crippen LogP contribution in [0.5, 0.6) is 0 Å². The van der Waals surface area contributed by atoms with E-state index in [1.165, 1.54) is 48.4 Å². The number of aliphatic carboxylic acids is 1. The molecule has 0 radical (unpaired) electrons. The third-order valence-electron chi connectivity index (χ3n) is 4.36. The second kappa shape index (κ2) is 18.7. The Balaban J connectivity index is 0.000000388. The molecule has 2 aromatic heterocycles. The van der Waals surface area contributed by atoms with Crippen molar-refractivity contribution >= 4 is 40.9 Å². The maximum Gasteiger partial charge on any atom is 0.336 e. The molecule has 0 amide bonds. The molecule has 0 saturated heterocycles. The van der Waals surface area contributed by atoms with Crippen molar-refractivity contribution in [3.63, 3.8) is 0 Å². The first-order valence-electron chi connectivity index (χ1n) is 9.91. The number of carbonyl (C=O) groups is 3. The summed E-state index contributed by atoms with van der Waals surface area (Å²) in [4.78, 5) is 30.1. The zero-order valence-corrected chi connectivity index (χ0v) is 19.6. The van der Waals surface area contributed by atoms with Crippen molar-refractivity contribution in [2.45, 2.75) is 39.0 Å². The number of aromatic carboxylic acids is 1. The second-order valence-corrected chi connectivity index (χ2v) is 8.41. The molecule has 2 aromatic rings. The SMILES string of the molecule is COCCC(C)C(=O)O.O=C(O)c1ccsc1.O=Cc1ccsc1.OCC1CCCC1. The molecule has 3 rings (SSSR count). The molecule has 1 saturated carbocycles. The Labute approximate surface area is 191 Å². The highest BCUT2D eigenvalue weighted by Gasteiger charge is 2.12. The molecule has 1 aliphatic carbocycles. The summed E-state index contributed by atoms with van der Waals surface area (Å²) >= 11 is 2.92. The van der Waals surface area contributed by atoms with E-state index in [0.29, 0.717) is 31.1 Å². The number of ether oxygens (including phenoxy) is 1. The summed E-state index contributed by atoms with van der Waals surface area (Å²) in [5.74, 6) is -1.25. The van der Waals surface area contributed by atoms with Gasteiger partial charge in [-0.05, 0) is 48.1 Å². The summed E-state index contributed by atoms with van der Waals surface area (Å²) in [5, 5.41) is 32.2. The number of hydrogen-bond donors (Lipinski definition) is 3. The summed E-state index contributed by atoms with van der Waals surface area (Å²) in [7, 11) is 1.56. The number of hydrogen-bond acceptors (Lipinski definition) is 7. The number of aliphatic hydroxyl groups excluding tert-OH is 1. The smallest absolute Gasteiger partial charge is 0.336 e. The topological polar surface area (TPSA) is 121 Å². The predicted octanol–water partition coefficient (Wildman–Crippen LogP) is 4.92. The van der Waals surface area contributed by atoms with Gasteiger partial charge in [0, 0.05) is 36.6 Å². The fourth-order valence-electron chi connectivity index (χ4n) is 2.34. The van der Waals surface area contributed by atoms with Crippen molar-refractivity contribution in [3.05, 3.63) is 44.8 Å². The summed E-state index contributed by atoms with van der Waals surface area (Å²) in [6.45, 7) is 2.61. The first-order chi connectivity index (χ1) is 14.8. The second-order valence-electron chi connectivity index (χ2n) is 6.85. The molecule has 3 N–H and O–H groups in total. The first-order valence-corrected chi connectivity index (χ1v) is 11.8. The van der Waals surface area contributed by atoms with Crippen molar-refractivity contribution in [2.24, 2.45) is 11.8 Å². The highest BCUT2D eigenvalue weighted by atomic mass is 32.1. The van der Waals surface area contributed by atoms with Crippen molar-refractivity contribution in [1.82, 2.24) is 0 Å². The number of aliphatic hydroxyl groups is 1. The Bertz CT molecular complexity index is 694. The van der Waals surface area contributed by atoms with E-state index >= 15 is 0 Å². The van der Waals surface area contributed by atoms with Crippen LogP contribution in [-0.4, -0.2) is 53.9 Å². The van der Waals surface area contributed by atoms with E-state index < -0.39 is 11.9 Å². The molecule has 1 aliphatic rings. The summed E-state index contributed by atoms with van der Waals surface area (Å²) < 4.78 is 4.70. The van der Waals surface area contributed by atoms with Gasteiger partial charge >= 0.3 is 11.9 Å². The van der Waals surface area contributed by atoms with Gasteiger partial charge in [0.1, 0.15) is 0 Å². The van der Waals surface area contributed by atoms with E-state index in [0.717, 1.165) is 11.8 Å². The quantitative estimate of drug-likeness (QED) is 0.489. The van der Waals surface area contributed by atoms with Gasteiger partial charge in [-0.15, -0.1) is 0 Å². The van der Waals surface area contributed by atoms with Gasteiger partial charge in [0.05, 0.1) is 11.5 Å². The molecule has 9 heteroatoms. The highest BCUT2D eigenvalue weighted by molar-refractivity contribution is 7.08. The van der Waals surface area contributed by atoms with E-state index in [2.05, 4.69) is 0 Å². The Morgan fingerprint density at radius 3 is 2.06 bits per heavy atom. The summed E-state index contributed by atoms with van der Waals surface area (Å²) in [6, 6.07) is 3.37. The fraction of sp³-hybridized carbons (Fsp3) is 0.500. The molecule has 0 aliphatic heterocycles.